The van der Waals surface area contributed by atoms with Gasteiger partial charge in [0.2, 0.25) is 0 Å². The second kappa shape index (κ2) is 4.22. The first-order valence-electron chi connectivity index (χ1n) is 5.29. The zero-order valence-electron chi connectivity index (χ0n) is 8.83. The van der Waals surface area contributed by atoms with Crippen molar-refractivity contribution < 1.29 is 5.11 Å². The van der Waals surface area contributed by atoms with Crippen LogP contribution in [0, 0.1) is 0 Å². The molecule has 0 aliphatic rings. The molecule has 0 fully saturated rings. The van der Waals surface area contributed by atoms with E-state index in [1.165, 1.54) is 0 Å². The summed E-state index contributed by atoms with van der Waals surface area (Å²) in [7, 11) is 0. The number of benzene rings is 1. The van der Waals surface area contributed by atoms with Gasteiger partial charge in [0, 0.05) is 16.5 Å². The van der Waals surface area contributed by atoms with Crippen molar-refractivity contribution in [3.8, 4) is 5.88 Å². The number of allylic oxidation sites excluding steroid dienone is 1. The van der Waals surface area contributed by atoms with E-state index in [0.717, 1.165) is 29.3 Å². The van der Waals surface area contributed by atoms with E-state index in [-0.39, 0.29) is 5.88 Å². The van der Waals surface area contributed by atoms with E-state index in [0.29, 0.717) is 0 Å². The minimum Gasteiger partial charge on any atom is -0.494 e. The molecule has 2 aromatic rings. The van der Waals surface area contributed by atoms with Crippen LogP contribution >= 0.6 is 0 Å². The lowest BCUT2D eigenvalue weighted by atomic mass is 10.1. The van der Waals surface area contributed by atoms with Crippen LogP contribution in [0.5, 0.6) is 5.88 Å². The first-order valence-corrected chi connectivity index (χ1v) is 5.29. The number of aromatic hydroxyl groups is 1. The van der Waals surface area contributed by atoms with Crippen molar-refractivity contribution in [2.45, 2.75) is 19.8 Å². The summed E-state index contributed by atoms with van der Waals surface area (Å²) in [6, 6.07) is 7.91. The number of unbranched alkanes of at least 4 members (excludes halogenated alkanes) is 1. The normalized spacial score (nSPS) is 11.5. The molecule has 1 aromatic carbocycles. The van der Waals surface area contributed by atoms with Gasteiger partial charge >= 0.3 is 0 Å². The molecule has 0 saturated carbocycles. The lowest BCUT2D eigenvalue weighted by Crippen LogP contribution is -1.69. The van der Waals surface area contributed by atoms with Crippen LogP contribution in [-0.2, 0) is 0 Å². The predicted octanol–water partition coefficient (Wildman–Crippen LogP) is 3.69. The van der Waals surface area contributed by atoms with E-state index in [1.807, 2.05) is 30.3 Å². The second-order valence-electron chi connectivity index (χ2n) is 3.62. The quantitative estimate of drug-likeness (QED) is 0.780. The molecule has 0 spiro atoms. The van der Waals surface area contributed by atoms with Crippen LogP contribution in [-0.4, -0.2) is 10.1 Å². The van der Waals surface area contributed by atoms with Crippen LogP contribution in [0.25, 0.3) is 17.0 Å². The van der Waals surface area contributed by atoms with Crippen molar-refractivity contribution in [2.75, 3.05) is 0 Å². The molecule has 0 amide bonds. The maximum atomic E-state index is 9.73. The Labute approximate surface area is 89.3 Å². The number of hydrogen-bond acceptors (Lipinski definition) is 1. The largest absolute Gasteiger partial charge is 0.494 e. The van der Waals surface area contributed by atoms with E-state index >= 15 is 0 Å². The van der Waals surface area contributed by atoms with Gasteiger partial charge in [0.15, 0.2) is 5.88 Å². The van der Waals surface area contributed by atoms with Gasteiger partial charge in [-0.2, -0.15) is 0 Å². The standard InChI is InChI=1S/C13H15NO/c1-2-3-4-8-11-10-7-5-6-9-12(10)14-13(11)15/h4-9,14-15H,2-3H2,1H3. The van der Waals surface area contributed by atoms with E-state index in [9.17, 15) is 5.11 Å². The Morgan fingerprint density at radius 2 is 2.13 bits per heavy atom. The minimum absolute atomic E-state index is 0.253. The number of hydrogen-bond donors (Lipinski definition) is 2. The third-order valence-corrected chi connectivity index (χ3v) is 2.47. The van der Waals surface area contributed by atoms with Crippen molar-refractivity contribution in [1.82, 2.24) is 4.98 Å². The number of H-pyrrole nitrogens is 1. The SMILES string of the molecule is CCCC=Cc1c(O)[nH]c2ccccc12. The molecular weight excluding hydrogens is 186 g/mol. The Balaban J connectivity index is 2.45. The fraction of sp³-hybridized carbons (Fsp3) is 0.231. The van der Waals surface area contributed by atoms with Crippen molar-refractivity contribution in [1.29, 1.82) is 0 Å². The van der Waals surface area contributed by atoms with Crippen molar-refractivity contribution in [2.24, 2.45) is 0 Å². The third kappa shape index (κ3) is 1.89. The summed E-state index contributed by atoms with van der Waals surface area (Å²) in [5.74, 6) is 0.253. The molecule has 2 nitrogen and oxygen atoms in total. The maximum absolute atomic E-state index is 9.73. The average molecular weight is 201 g/mol. The van der Waals surface area contributed by atoms with Crippen LogP contribution < -0.4 is 0 Å². The predicted molar refractivity (Wildman–Crippen MR) is 63.9 cm³/mol. The molecule has 15 heavy (non-hydrogen) atoms. The van der Waals surface area contributed by atoms with Crippen molar-refractivity contribution in [3.05, 3.63) is 35.9 Å². The summed E-state index contributed by atoms with van der Waals surface area (Å²) >= 11 is 0. The first-order chi connectivity index (χ1) is 7.33. The van der Waals surface area contributed by atoms with Crippen LogP contribution in [0.15, 0.2) is 30.3 Å². The zero-order valence-corrected chi connectivity index (χ0v) is 8.83. The summed E-state index contributed by atoms with van der Waals surface area (Å²) in [4.78, 5) is 2.96. The summed E-state index contributed by atoms with van der Waals surface area (Å²) in [5.41, 5.74) is 1.87. The molecule has 1 aromatic heterocycles. The highest BCUT2D eigenvalue weighted by molar-refractivity contribution is 5.91. The fourth-order valence-electron chi connectivity index (χ4n) is 1.69. The van der Waals surface area contributed by atoms with Crippen LogP contribution in [0.2, 0.25) is 0 Å². The molecule has 78 valence electrons. The average Bonchev–Trinajstić information content (AvgIpc) is 2.56. The highest BCUT2D eigenvalue weighted by atomic mass is 16.3. The number of fused-ring (bicyclic) bond motifs is 1. The Morgan fingerprint density at radius 3 is 2.93 bits per heavy atom. The van der Waals surface area contributed by atoms with E-state index in [4.69, 9.17) is 0 Å². The first kappa shape index (κ1) is 9.84. The van der Waals surface area contributed by atoms with Crippen molar-refractivity contribution >= 4 is 17.0 Å². The van der Waals surface area contributed by atoms with Gasteiger partial charge in [-0.25, -0.2) is 0 Å². The summed E-state index contributed by atoms with van der Waals surface area (Å²) in [5, 5.41) is 10.8. The number of para-hydroxylation sites is 1. The molecule has 0 atom stereocenters. The molecule has 1 heterocycles. The van der Waals surface area contributed by atoms with Gasteiger partial charge in [0.25, 0.3) is 0 Å². The van der Waals surface area contributed by atoms with Gasteiger partial charge in [-0.05, 0) is 12.5 Å². The monoisotopic (exact) mass is 201 g/mol. The molecule has 0 radical (unpaired) electrons. The molecule has 2 heteroatoms. The molecule has 0 unspecified atom stereocenters. The molecular formula is C13H15NO. The maximum Gasteiger partial charge on any atom is 0.196 e. The summed E-state index contributed by atoms with van der Waals surface area (Å²) < 4.78 is 0. The Morgan fingerprint density at radius 1 is 1.33 bits per heavy atom. The van der Waals surface area contributed by atoms with Gasteiger partial charge in [0.1, 0.15) is 0 Å². The van der Waals surface area contributed by atoms with Crippen LogP contribution in [0.4, 0.5) is 0 Å². The number of aromatic amines is 1. The fourth-order valence-corrected chi connectivity index (χ4v) is 1.69. The number of rotatable bonds is 3. The Hall–Kier alpha value is -1.70. The number of aromatic nitrogens is 1. The van der Waals surface area contributed by atoms with Gasteiger partial charge in [-0.15, -0.1) is 0 Å². The van der Waals surface area contributed by atoms with Gasteiger partial charge in [-0.1, -0.05) is 43.7 Å². The van der Waals surface area contributed by atoms with E-state index < -0.39 is 0 Å². The molecule has 2 rings (SSSR count). The molecule has 0 aliphatic heterocycles. The van der Waals surface area contributed by atoms with Crippen LogP contribution in [0.3, 0.4) is 0 Å². The highest BCUT2D eigenvalue weighted by Gasteiger charge is 2.05. The molecule has 2 N–H and O–H groups in total. The molecule has 0 bridgehead atoms. The minimum atomic E-state index is 0.253. The lowest BCUT2D eigenvalue weighted by Gasteiger charge is -1.91. The second-order valence-corrected chi connectivity index (χ2v) is 3.62. The molecule has 0 aliphatic carbocycles. The van der Waals surface area contributed by atoms with Crippen molar-refractivity contribution in [3.63, 3.8) is 0 Å². The summed E-state index contributed by atoms with van der Waals surface area (Å²) in [6.07, 6.45) is 6.24. The van der Waals surface area contributed by atoms with Gasteiger partial charge in [0.05, 0.1) is 0 Å². The smallest absolute Gasteiger partial charge is 0.196 e. The van der Waals surface area contributed by atoms with Gasteiger partial charge in [-0.3, -0.25) is 0 Å². The van der Waals surface area contributed by atoms with E-state index in [1.54, 1.807) is 0 Å². The van der Waals surface area contributed by atoms with E-state index in [2.05, 4.69) is 18.0 Å². The van der Waals surface area contributed by atoms with Crippen LogP contribution in [0.1, 0.15) is 25.3 Å². The lowest BCUT2D eigenvalue weighted by molar-refractivity contribution is 0.457. The number of nitrogens with one attached hydrogen (secondary N) is 1. The Bertz CT molecular complexity index is 482. The highest BCUT2D eigenvalue weighted by Crippen LogP contribution is 2.28. The topological polar surface area (TPSA) is 36.0 Å². The summed E-state index contributed by atoms with van der Waals surface area (Å²) in [6.45, 7) is 2.14. The Kier molecular flexibility index (Phi) is 2.77. The zero-order chi connectivity index (χ0) is 10.7. The van der Waals surface area contributed by atoms with Gasteiger partial charge < -0.3 is 10.1 Å². The third-order valence-electron chi connectivity index (χ3n) is 2.47. The molecule has 0 saturated heterocycles.